The minimum Gasteiger partial charge on any atom is -0.348 e. The lowest BCUT2D eigenvalue weighted by Crippen LogP contribution is -2.43. The molecule has 0 atom stereocenters. The monoisotopic (exact) mass is 442 g/mol. The number of fused-ring (bicyclic) bond motifs is 1. The number of nitrogens with zero attached hydrogens (tertiary/aromatic N) is 3. The second-order valence-corrected chi connectivity index (χ2v) is 10.4. The van der Waals surface area contributed by atoms with E-state index in [4.69, 9.17) is 0 Å². The van der Waals surface area contributed by atoms with Crippen molar-refractivity contribution < 1.29 is 13.2 Å². The molecule has 0 saturated carbocycles. The highest BCUT2D eigenvalue weighted by atomic mass is 32.2. The molecule has 0 aromatic heterocycles. The normalized spacial score (nSPS) is 17.5. The van der Waals surface area contributed by atoms with Gasteiger partial charge in [-0.1, -0.05) is 24.3 Å². The smallest absolute Gasteiger partial charge is 0.251 e. The summed E-state index contributed by atoms with van der Waals surface area (Å²) in [5.41, 5.74) is 4.46. The van der Waals surface area contributed by atoms with E-state index in [1.807, 2.05) is 12.1 Å². The number of benzene rings is 2. The van der Waals surface area contributed by atoms with E-state index in [9.17, 15) is 13.2 Å². The highest BCUT2D eigenvalue weighted by molar-refractivity contribution is 7.92. The Balaban J connectivity index is 1.36. The number of likely N-dealkylation sites (N-methyl/N-ethyl adjacent to an activating group) is 1. The predicted octanol–water partition coefficient (Wildman–Crippen LogP) is 1.69. The van der Waals surface area contributed by atoms with Gasteiger partial charge in [-0.05, 0) is 48.4 Å². The summed E-state index contributed by atoms with van der Waals surface area (Å²) in [6.07, 6.45) is 1.83. The molecule has 0 aliphatic carbocycles. The van der Waals surface area contributed by atoms with Crippen LogP contribution in [0.4, 0.5) is 5.69 Å². The van der Waals surface area contributed by atoms with Gasteiger partial charge in [0.2, 0.25) is 10.0 Å². The van der Waals surface area contributed by atoms with Crippen LogP contribution in [0.5, 0.6) is 0 Å². The topological polar surface area (TPSA) is 73.0 Å². The van der Waals surface area contributed by atoms with E-state index < -0.39 is 10.0 Å². The number of sulfonamides is 1. The van der Waals surface area contributed by atoms with Crippen LogP contribution in [0.25, 0.3) is 0 Å². The van der Waals surface area contributed by atoms with E-state index in [-0.39, 0.29) is 5.91 Å². The fourth-order valence-electron chi connectivity index (χ4n) is 4.24. The fourth-order valence-corrected chi connectivity index (χ4v) is 5.20. The summed E-state index contributed by atoms with van der Waals surface area (Å²) >= 11 is 0. The Morgan fingerprint density at radius 1 is 1.00 bits per heavy atom. The van der Waals surface area contributed by atoms with Crippen LogP contribution >= 0.6 is 0 Å². The molecular formula is C23H30N4O3S. The molecule has 166 valence electrons. The third kappa shape index (κ3) is 5.26. The van der Waals surface area contributed by atoms with Gasteiger partial charge < -0.3 is 10.2 Å². The molecule has 1 saturated heterocycles. The van der Waals surface area contributed by atoms with Gasteiger partial charge >= 0.3 is 0 Å². The number of amides is 1. The molecule has 8 heteroatoms. The first-order chi connectivity index (χ1) is 14.8. The van der Waals surface area contributed by atoms with E-state index in [0.717, 1.165) is 43.9 Å². The lowest BCUT2D eigenvalue weighted by atomic mass is 10.1. The molecule has 1 fully saturated rings. The van der Waals surface area contributed by atoms with Gasteiger partial charge in [0, 0.05) is 51.4 Å². The number of piperazine rings is 1. The Labute approximate surface area is 184 Å². The van der Waals surface area contributed by atoms with Gasteiger partial charge in [-0.15, -0.1) is 0 Å². The van der Waals surface area contributed by atoms with Crippen molar-refractivity contribution in [1.29, 1.82) is 0 Å². The van der Waals surface area contributed by atoms with Crippen LogP contribution in [0.1, 0.15) is 27.0 Å². The molecule has 1 amide bonds. The zero-order chi connectivity index (χ0) is 22.0. The largest absolute Gasteiger partial charge is 0.348 e. The predicted molar refractivity (Wildman–Crippen MR) is 123 cm³/mol. The molecule has 2 aromatic rings. The second-order valence-electron chi connectivity index (χ2n) is 8.51. The standard InChI is InChI=1S/C23H30N4O3S/c1-25-10-12-26(13-11-25)17-19-5-3-4-18(14-19)16-24-23(28)21-6-7-22-20(15-21)8-9-27(22)31(2,29)30/h3-7,14-15H,8-13,16-17H2,1-2H3,(H,24,28). The molecule has 2 aliphatic rings. The first-order valence-electron chi connectivity index (χ1n) is 10.7. The molecule has 1 N–H and O–H groups in total. The molecule has 31 heavy (non-hydrogen) atoms. The fraction of sp³-hybridized carbons (Fsp3) is 0.435. The van der Waals surface area contributed by atoms with Gasteiger partial charge in [0.05, 0.1) is 11.9 Å². The molecule has 2 heterocycles. The molecule has 2 aromatic carbocycles. The van der Waals surface area contributed by atoms with Crippen LogP contribution in [0.15, 0.2) is 42.5 Å². The minimum absolute atomic E-state index is 0.148. The van der Waals surface area contributed by atoms with Gasteiger partial charge in [-0.25, -0.2) is 8.42 Å². The van der Waals surface area contributed by atoms with Crippen molar-refractivity contribution >= 4 is 21.6 Å². The summed E-state index contributed by atoms with van der Waals surface area (Å²) in [5.74, 6) is -0.148. The van der Waals surface area contributed by atoms with Crippen molar-refractivity contribution in [1.82, 2.24) is 15.1 Å². The van der Waals surface area contributed by atoms with E-state index in [1.54, 1.807) is 18.2 Å². The van der Waals surface area contributed by atoms with E-state index in [1.165, 1.54) is 16.1 Å². The molecule has 0 unspecified atom stereocenters. The first kappa shape index (κ1) is 21.8. The van der Waals surface area contributed by atoms with Gasteiger partial charge in [0.15, 0.2) is 0 Å². The van der Waals surface area contributed by atoms with Crippen molar-refractivity contribution in [2.45, 2.75) is 19.5 Å². The van der Waals surface area contributed by atoms with Gasteiger partial charge in [-0.2, -0.15) is 0 Å². The average Bonchev–Trinajstić information content (AvgIpc) is 3.18. The summed E-state index contributed by atoms with van der Waals surface area (Å²) in [6, 6.07) is 13.6. The summed E-state index contributed by atoms with van der Waals surface area (Å²) < 4.78 is 25.2. The van der Waals surface area contributed by atoms with Crippen molar-refractivity contribution in [3.63, 3.8) is 0 Å². The quantitative estimate of drug-likeness (QED) is 0.737. The highest BCUT2D eigenvalue weighted by Crippen LogP contribution is 2.30. The number of anilines is 1. The maximum atomic E-state index is 12.7. The number of carbonyl (C=O) groups is 1. The molecule has 0 spiro atoms. The number of hydrogen-bond donors (Lipinski definition) is 1. The Kier molecular flexibility index (Phi) is 6.31. The van der Waals surface area contributed by atoms with Crippen molar-refractivity contribution in [3.05, 3.63) is 64.7 Å². The van der Waals surface area contributed by atoms with Crippen LogP contribution in [0, 0.1) is 0 Å². The maximum Gasteiger partial charge on any atom is 0.251 e. The summed E-state index contributed by atoms with van der Waals surface area (Å²) in [7, 11) is -1.13. The van der Waals surface area contributed by atoms with Crippen molar-refractivity contribution in [2.24, 2.45) is 0 Å². The van der Waals surface area contributed by atoms with Crippen molar-refractivity contribution in [3.8, 4) is 0 Å². The zero-order valence-electron chi connectivity index (χ0n) is 18.2. The Morgan fingerprint density at radius 2 is 1.74 bits per heavy atom. The van der Waals surface area contributed by atoms with Gasteiger partial charge in [-0.3, -0.25) is 14.0 Å². The van der Waals surface area contributed by atoms with Crippen LogP contribution < -0.4 is 9.62 Å². The Hall–Kier alpha value is -2.42. The second kappa shape index (κ2) is 8.98. The number of hydrogen-bond acceptors (Lipinski definition) is 5. The molecular weight excluding hydrogens is 412 g/mol. The van der Waals surface area contributed by atoms with E-state index in [2.05, 4.69) is 34.3 Å². The number of carbonyl (C=O) groups excluding carboxylic acids is 1. The van der Waals surface area contributed by atoms with Crippen molar-refractivity contribution in [2.75, 3.05) is 50.3 Å². The third-order valence-corrected chi connectivity index (χ3v) is 7.22. The average molecular weight is 443 g/mol. The lowest BCUT2D eigenvalue weighted by molar-refractivity contribution is 0.0951. The Bertz CT molecular complexity index is 1060. The summed E-state index contributed by atoms with van der Waals surface area (Å²) in [6.45, 7) is 6.16. The van der Waals surface area contributed by atoms with E-state index >= 15 is 0 Å². The Morgan fingerprint density at radius 3 is 2.48 bits per heavy atom. The van der Waals surface area contributed by atoms with Gasteiger partial charge in [0.25, 0.3) is 5.91 Å². The van der Waals surface area contributed by atoms with Crippen LogP contribution in [0.3, 0.4) is 0 Å². The molecule has 2 aliphatic heterocycles. The lowest BCUT2D eigenvalue weighted by Gasteiger charge is -2.32. The zero-order valence-corrected chi connectivity index (χ0v) is 19.0. The molecule has 0 bridgehead atoms. The minimum atomic E-state index is -3.29. The van der Waals surface area contributed by atoms with Crippen LogP contribution in [-0.4, -0.2) is 70.2 Å². The summed E-state index contributed by atoms with van der Waals surface area (Å²) in [4.78, 5) is 17.5. The molecule has 0 radical (unpaired) electrons. The SMILES string of the molecule is CN1CCN(Cc2cccc(CNC(=O)c3ccc4c(c3)CCN4S(C)(=O)=O)c2)CC1. The number of nitrogens with one attached hydrogen (secondary N) is 1. The molecule has 4 rings (SSSR count). The summed E-state index contributed by atoms with van der Waals surface area (Å²) in [5, 5.41) is 2.99. The van der Waals surface area contributed by atoms with E-state index in [0.29, 0.717) is 30.8 Å². The van der Waals surface area contributed by atoms with Crippen LogP contribution in [0.2, 0.25) is 0 Å². The first-order valence-corrected chi connectivity index (χ1v) is 12.5. The maximum absolute atomic E-state index is 12.7. The third-order valence-electron chi connectivity index (χ3n) is 6.04. The molecule has 7 nitrogen and oxygen atoms in total. The highest BCUT2D eigenvalue weighted by Gasteiger charge is 2.26. The van der Waals surface area contributed by atoms with Gasteiger partial charge in [0.1, 0.15) is 0 Å². The number of rotatable bonds is 6. The van der Waals surface area contributed by atoms with Crippen LogP contribution in [-0.2, 0) is 29.5 Å².